The lowest BCUT2D eigenvalue weighted by molar-refractivity contribution is -0.136. The van der Waals surface area contributed by atoms with Gasteiger partial charge in [-0.1, -0.05) is 13.8 Å². The highest BCUT2D eigenvalue weighted by Crippen LogP contribution is 2.42. The summed E-state index contributed by atoms with van der Waals surface area (Å²) < 4.78 is 5.69. The highest BCUT2D eigenvalue weighted by Gasteiger charge is 2.49. The van der Waals surface area contributed by atoms with Gasteiger partial charge in [0, 0.05) is 48.6 Å². The van der Waals surface area contributed by atoms with Gasteiger partial charge >= 0.3 is 0 Å². The van der Waals surface area contributed by atoms with Gasteiger partial charge in [0.1, 0.15) is 0 Å². The summed E-state index contributed by atoms with van der Waals surface area (Å²) >= 11 is 1.93. The fourth-order valence-corrected chi connectivity index (χ4v) is 3.79. The molecule has 0 aromatic carbocycles. The lowest BCUT2D eigenvalue weighted by atomic mass is 9.64. The summed E-state index contributed by atoms with van der Waals surface area (Å²) in [5, 5.41) is 6.58. The van der Waals surface area contributed by atoms with Crippen LogP contribution >= 0.6 is 11.8 Å². The Hall–Kier alpha value is -0.260. The molecule has 0 bridgehead atoms. The molecule has 2 N–H and O–H groups in total. The van der Waals surface area contributed by atoms with Crippen LogP contribution in [0.4, 0.5) is 0 Å². The molecule has 1 aliphatic heterocycles. The maximum atomic E-state index is 12.1. The first kappa shape index (κ1) is 15.1. The SMILES string of the molecule is CCOC1CC(NC(=O)CC2CSCCN2)C1(C)C. The van der Waals surface area contributed by atoms with Crippen LogP contribution in [0.5, 0.6) is 0 Å². The zero-order valence-electron chi connectivity index (χ0n) is 12.2. The molecular formula is C14H26N2O2S. The number of amides is 1. The summed E-state index contributed by atoms with van der Waals surface area (Å²) in [5.74, 6) is 2.38. The Labute approximate surface area is 120 Å². The first-order chi connectivity index (χ1) is 9.04. The lowest BCUT2D eigenvalue weighted by Crippen LogP contribution is -2.62. The van der Waals surface area contributed by atoms with Crippen molar-refractivity contribution in [3.8, 4) is 0 Å². The third-order valence-corrected chi connectivity index (χ3v) is 5.44. The molecule has 1 heterocycles. The topological polar surface area (TPSA) is 50.4 Å². The van der Waals surface area contributed by atoms with Crippen LogP contribution in [-0.4, -0.2) is 48.8 Å². The molecule has 19 heavy (non-hydrogen) atoms. The lowest BCUT2D eigenvalue weighted by Gasteiger charge is -2.51. The summed E-state index contributed by atoms with van der Waals surface area (Å²) in [7, 11) is 0. The van der Waals surface area contributed by atoms with Gasteiger partial charge in [-0.05, 0) is 13.3 Å². The quantitative estimate of drug-likeness (QED) is 0.802. The van der Waals surface area contributed by atoms with Gasteiger partial charge in [-0.25, -0.2) is 0 Å². The van der Waals surface area contributed by atoms with Crippen LogP contribution < -0.4 is 10.6 Å². The highest BCUT2D eigenvalue weighted by molar-refractivity contribution is 7.99. The van der Waals surface area contributed by atoms with Gasteiger partial charge in [0.05, 0.1) is 6.10 Å². The molecule has 3 atom stereocenters. The van der Waals surface area contributed by atoms with Crippen molar-refractivity contribution < 1.29 is 9.53 Å². The van der Waals surface area contributed by atoms with Crippen LogP contribution in [0.15, 0.2) is 0 Å². The molecule has 2 aliphatic rings. The van der Waals surface area contributed by atoms with Crippen LogP contribution in [0.3, 0.4) is 0 Å². The minimum absolute atomic E-state index is 0.0560. The van der Waals surface area contributed by atoms with Crippen LogP contribution in [0.1, 0.15) is 33.6 Å². The molecule has 1 saturated heterocycles. The standard InChI is InChI=1S/C14H26N2O2S/c1-4-18-12-8-11(14(12,2)3)16-13(17)7-10-9-19-6-5-15-10/h10-12,15H,4-9H2,1-3H3,(H,16,17). The molecule has 2 fully saturated rings. The Morgan fingerprint density at radius 1 is 1.53 bits per heavy atom. The number of carbonyl (C=O) groups is 1. The smallest absolute Gasteiger partial charge is 0.221 e. The molecule has 110 valence electrons. The number of carbonyl (C=O) groups excluding carboxylic acids is 1. The van der Waals surface area contributed by atoms with Gasteiger partial charge in [0.25, 0.3) is 0 Å². The number of hydrogen-bond donors (Lipinski definition) is 2. The van der Waals surface area contributed by atoms with E-state index in [2.05, 4.69) is 24.5 Å². The average molecular weight is 286 g/mol. The van der Waals surface area contributed by atoms with E-state index in [0.29, 0.717) is 12.5 Å². The molecule has 1 amide bonds. The molecule has 0 aromatic heterocycles. The number of thioether (sulfide) groups is 1. The molecule has 4 nitrogen and oxygen atoms in total. The van der Waals surface area contributed by atoms with E-state index >= 15 is 0 Å². The second kappa shape index (κ2) is 6.46. The normalized spacial score (nSPS) is 33.5. The third kappa shape index (κ3) is 3.64. The van der Waals surface area contributed by atoms with E-state index in [1.165, 1.54) is 0 Å². The van der Waals surface area contributed by atoms with Crippen molar-refractivity contribution in [2.24, 2.45) is 5.41 Å². The van der Waals surface area contributed by atoms with Crippen LogP contribution in [-0.2, 0) is 9.53 Å². The van der Waals surface area contributed by atoms with Gasteiger partial charge in [0.2, 0.25) is 5.91 Å². The minimum atomic E-state index is 0.0560. The summed E-state index contributed by atoms with van der Waals surface area (Å²) in [6.45, 7) is 8.14. The zero-order valence-corrected chi connectivity index (χ0v) is 13.0. The van der Waals surface area contributed by atoms with E-state index in [1.54, 1.807) is 0 Å². The van der Waals surface area contributed by atoms with Crippen molar-refractivity contribution >= 4 is 17.7 Å². The van der Waals surface area contributed by atoms with Gasteiger partial charge in [0.15, 0.2) is 0 Å². The molecule has 2 rings (SSSR count). The van der Waals surface area contributed by atoms with Gasteiger partial charge < -0.3 is 15.4 Å². The molecule has 5 heteroatoms. The van der Waals surface area contributed by atoms with Crippen molar-refractivity contribution in [1.82, 2.24) is 10.6 Å². The minimum Gasteiger partial charge on any atom is -0.378 e. The Bertz CT molecular complexity index is 317. The molecule has 0 radical (unpaired) electrons. The average Bonchev–Trinajstić information content (AvgIpc) is 2.39. The Kier molecular flexibility index (Phi) is 5.15. The second-order valence-electron chi connectivity index (χ2n) is 6.05. The largest absolute Gasteiger partial charge is 0.378 e. The predicted octanol–water partition coefficient (Wildman–Crippen LogP) is 1.40. The van der Waals surface area contributed by atoms with E-state index < -0.39 is 0 Å². The van der Waals surface area contributed by atoms with E-state index in [1.807, 2.05) is 18.7 Å². The fraction of sp³-hybridized carbons (Fsp3) is 0.929. The van der Waals surface area contributed by atoms with Crippen molar-refractivity contribution in [2.75, 3.05) is 24.7 Å². The number of hydrogen-bond acceptors (Lipinski definition) is 4. The Morgan fingerprint density at radius 3 is 2.89 bits per heavy atom. The van der Waals surface area contributed by atoms with Crippen molar-refractivity contribution in [3.05, 3.63) is 0 Å². The van der Waals surface area contributed by atoms with Crippen molar-refractivity contribution in [2.45, 2.75) is 51.8 Å². The van der Waals surface area contributed by atoms with Crippen molar-refractivity contribution in [3.63, 3.8) is 0 Å². The van der Waals surface area contributed by atoms with Gasteiger partial charge in [-0.3, -0.25) is 4.79 Å². The van der Waals surface area contributed by atoms with Crippen LogP contribution in [0.25, 0.3) is 0 Å². The molecule has 1 saturated carbocycles. The summed E-state index contributed by atoms with van der Waals surface area (Å²) in [4.78, 5) is 12.1. The molecule has 1 aliphatic carbocycles. The maximum absolute atomic E-state index is 12.1. The number of rotatable bonds is 5. The molecule has 3 unspecified atom stereocenters. The number of nitrogens with one attached hydrogen (secondary N) is 2. The second-order valence-corrected chi connectivity index (χ2v) is 7.20. The first-order valence-corrected chi connectivity index (χ1v) is 8.41. The maximum Gasteiger partial charge on any atom is 0.221 e. The fourth-order valence-electron chi connectivity index (χ4n) is 2.84. The van der Waals surface area contributed by atoms with E-state index in [4.69, 9.17) is 4.74 Å². The third-order valence-electron chi connectivity index (χ3n) is 4.31. The summed E-state index contributed by atoms with van der Waals surface area (Å²) in [6.07, 6.45) is 1.82. The van der Waals surface area contributed by atoms with E-state index in [0.717, 1.165) is 31.1 Å². The summed E-state index contributed by atoms with van der Waals surface area (Å²) in [6, 6.07) is 0.595. The monoisotopic (exact) mass is 286 g/mol. The van der Waals surface area contributed by atoms with E-state index in [-0.39, 0.29) is 23.5 Å². The number of ether oxygens (including phenoxy) is 1. The molecular weight excluding hydrogens is 260 g/mol. The van der Waals surface area contributed by atoms with Crippen molar-refractivity contribution in [1.29, 1.82) is 0 Å². The van der Waals surface area contributed by atoms with Gasteiger partial charge in [-0.15, -0.1) is 0 Å². The predicted molar refractivity (Wildman–Crippen MR) is 79.5 cm³/mol. The highest BCUT2D eigenvalue weighted by atomic mass is 32.2. The Balaban J connectivity index is 1.74. The Morgan fingerprint density at radius 2 is 2.32 bits per heavy atom. The molecule has 0 aromatic rings. The summed E-state index contributed by atoms with van der Waals surface area (Å²) in [5.41, 5.74) is 0.0560. The van der Waals surface area contributed by atoms with Crippen LogP contribution in [0, 0.1) is 5.41 Å². The van der Waals surface area contributed by atoms with E-state index in [9.17, 15) is 4.79 Å². The van der Waals surface area contributed by atoms with Gasteiger partial charge in [-0.2, -0.15) is 11.8 Å². The molecule has 0 spiro atoms. The van der Waals surface area contributed by atoms with Crippen LogP contribution in [0.2, 0.25) is 0 Å². The zero-order chi connectivity index (χ0) is 13.9. The first-order valence-electron chi connectivity index (χ1n) is 7.26.